The van der Waals surface area contributed by atoms with Gasteiger partial charge in [-0.15, -0.1) is 0 Å². The number of halogens is 1. The summed E-state index contributed by atoms with van der Waals surface area (Å²) in [5.41, 5.74) is 1.85. The average Bonchev–Trinajstić information content (AvgIpc) is 2.63. The van der Waals surface area contributed by atoms with Gasteiger partial charge in [-0.25, -0.2) is 0 Å². The molecule has 30 heavy (non-hydrogen) atoms. The lowest BCUT2D eigenvalue weighted by Crippen LogP contribution is -2.34. The van der Waals surface area contributed by atoms with E-state index in [9.17, 15) is 9.59 Å². The van der Waals surface area contributed by atoms with Gasteiger partial charge in [0.15, 0.2) is 5.11 Å². The van der Waals surface area contributed by atoms with Crippen LogP contribution in [0.5, 0.6) is 5.75 Å². The molecule has 0 aliphatic heterocycles. The molecule has 2 aromatic rings. The third-order valence-electron chi connectivity index (χ3n) is 3.80. The molecule has 0 radical (unpaired) electrons. The van der Waals surface area contributed by atoms with E-state index in [4.69, 9.17) is 17.0 Å². The Kier molecular flexibility index (Phi) is 8.80. The molecule has 2 aromatic carbocycles. The minimum atomic E-state index is -0.332. The minimum absolute atomic E-state index is 0.0236. The van der Waals surface area contributed by atoms with Crippen LogP contribution in [0.1, 0.15) is 44.5 Å². The van der Waals surface area contributed by atoms with Crippen LogP contribution in [0.3, 0.4) is 0 Å². The quantitative estimate of drug-likeness (QED) is 0.455. The molecule has 0 saturated carbocycles. The van der Waals surface area contributed by atoms with Gasteiger partial charge >= 0.3 is 0 Å². The molecule has 160 valence electrons. The molecule has 0 heterocycles. The van der Waals surface area contributed by atoms with Crippen molar-refractivity contribution in [3.8, 4) is 5.75 Å². The van der Waals surface area contributed by atoms with Crippen molar-refractivity contribution in [3.05, 3.63) is 52.5 Å². The highest BCUT2D eigenvalue weighted by molar-refractivity contribution is 9.10. The lowest BCUT2D eigenvalue weighted by molar-refractivity contribution is -0.116. The molecule has 0 aliphatic carbocycles. The fraction of sp³-hybridized carbons (Fsp3) is 0.318. The molecule has 0 fully saturated rings. The molecular weight excluding hydrogens is 466 g/mol. The number of nitrogens with one attached hydrogen (secondary N) is 3. The van der Waals surface area contributed by atoms with Crippen LogP contribution >= 0.6 is 28.1 Å². The van der Waals surface area contributed by atoms with Gasteiger partial charge in [0.25, 0.3) is 5.91 Å². The summed E-state index contributed by atoms with van der Waals surface area (Å²) in [6, 6.07) is 12.2. The van der Waals surface area contributed by atoms with Gasteiger partial charge in [-0.05, 0) is 90.4 Å². The molecule has 0 spiro atoms. The number of hydrogen-bond donors (Lipinski definition) is 3. The zero-order valence-corrected chi connectivity index (χ0v) is 19.8. The molecule has 3 N–H and O–H groups in total. The predicted molar refractivity (Wildman–Crippen MR) is 128 cm³/mol. The number of amides is 2. The normalized spacial score (nSPS) is 10.6. The number of carbonyl (C=O) groups excluding carboxylic acids is 2. The smallest absolute Gasteiger partial charge is 0.257 e. The van der Waals surface area contributed by atoms with E-state index in [0.717, 1.165) is 0 Å². The maximum absolute atomic E-state index is 12.4. The summed E-state index contributed by atoms with van der Waals surface area (Å²) in [7, 11) is 0. The van der Waals surface area contributed by atoms with E-state index < -0.39 is 0 Å². The van der Waals surface area contributed by atoms with Crippen LogP contribution in [0.4, 0.5) is 11.4 Å². The lowest BCUT2D eigenvalue weighted by Gasteiger charge is -2.13. The van der Waals surface area contributed by atoms with Crippen molar-refractivity contribution < 1.29 is 14.3 Å². The van der Waals surface area contributed by atoms with Crippen molar-refractivity contribution >= 4 is 56.4 Å². The van der Waals surface area contributed by atoms with Crippen molar-refractivity contribution in [3.63, 3.8) is 0 Å². The molecule has 0 aromatic heterocycles. The van der Waals surface area contributed by atoms with Gasteiger partial charge in [-0.1, -0.05) is 13.8 Å². The summed E-state index contributed by atoms with van der Waals surface area (Å²) in [6.45, 7) is 7.86. The van der Waals surface area contributed by atoms with E-state index in [2.05, 4.69) is 31.9 Å². The first-order valence-corrected chi connectivity index (χ1v) is 10.8. The summed E-state index contributed by atoms with van der Waals surface area (Å²) in [5, 5.41) is 8.63. The monoisotopic (exact) mass is 491 g/mol. The fourth-order valence-corrected chi connectivity index (χ4v) is 3.23. The SMILES string of the molecule is CC(C)CC(=O)Nc1ccc(NC(=S)NC(=O)c2ccc(OC(C)C)c(Br)c2)cc1. The van der Waals surface area contributed by atoms with Gasteiger partial charge in [0.1, 0.15) is 5.75 Å². The highest BCUT2D eigenvalue weighted by Gasteiger charge is 2.12. The number of rotatable bonds is 7. The van der Waals surface area contributed by atoms with E-state index >= 15 is 0 Å². The molecule has 6 nitrogen and oxygen atoms in total. The summed E-state index contributed by atoms with van der Waals surface area (Å²) in [5.74, 6) is 0.612. The number of anilines is 2. The molecule has 0 bridgehead atoms. The molecule has 0 atom stereocenters. The summed E-state index contributed by atoms with van der Waals surface area (Å²) in [6.07, 6.45) is 0.504. The van der Waals surface area contributed by atoms with Crippen LogP contribution in [-0.4, -0.2) is 23.0 Å². The molecule has 0 saturated heterocycles. The Hall–Kier alpha value is -2.45. The molecule has 2 amide bonds. The van der Waals surface area contributed by atoms with Gasteiger partial charge in [0.2, 0.25) is 5.91 Å². The van der Waals surface area contributed by atoms with Gasteiger partial charge < -0.3 is 15.4 Å². The Morgan fingerprint density at radius 3 is 2.13 bits per heavy atom. The summed E-state index contributed by atoms with van der Waals surface area (Å²) in [4.78, 5) is 24.3. The van der Waals surface area contributed by atoms with Crippen molar-refractivity contribution in [1.82, 2.24) is 5.32 Å². The zero-order valence-electron chi connectivity index (χ0n) is 17.4. The number of benzene rings is 2. The Labute approximate surface area is 190 Å². The molecule has 0 aliphatic rings. The van der Waals surface area contributed by atoms with E-state index in [0.29, 0.717) is 39.5 Å². The van der Waals surface area contributed by atoms with Crippen LogP contribution in [-0.2, 0) is 4.79 Å². The van der Waals surface area contributed by atoms with E-state index in [1.807, 2.05) is 27.7 Å². The van der Waals surface area contributed by atoms with E-state index in [1.165, 1.54) is 0 Å². The number of ether oxygens (including phenoxy) is 1. The second kappa shape index (κ2) is 11.1. The standard InChI is InChI=1S/C22H26BrN3O3S/c1-13(2)11-20(27)24-16-6-8-17(9-7-16)25-22(30)26-21(28)15-5-10-19(18(23)12-15)29-14(3)4/h5-10,12-14H,11H2,1-4H3,(H,24,27)(H2,25,26,28,30). The van der Waals surface area contributed by atoms with Gasteiger partial charge in [-0.2, -0.15) is 0 Å². The van der Waals surface area contributed by atoms with Crippen LogP contribution in [0.15, 0.2) is 46.9 Å². The molecule has 8 heteroatoms. The van der Waals surface area contributed by atoms with Crippen molar-refractivity contribution in [2.45, 2.75) is 40.2 Å². The number of hydrogen-bond acceptors (Lipinski definition) is 4. The second-order valence-electron chi connectivity index (χ2n) is 7.44. The first-order valence-electron chi connectivity index (χ1n) is 9.62. The maximum atomic E-state index is 12.4. The third-order valence-corrected chi connectivity index (χ3v) is 4.63. The first-order chi connectivity index (χ1) is 14.1. The molecular formula is C22H26BrN3O3S. The Balaban J connectivity index is 1.91. The van der Waals surface area contributed by atoms with Crippen LogP contribution < -0.4 is 20.7 Å². The van der Waals surface area contributed by atoms with Crippen molar-refractivity contribution in [1.29, 1.82) is 0 Å². The van der Waals surface area contributed by atoms with Crippen molar-refractivity contribution in [2.75, 3.05) is 10.6 Å². The topological polar surface area (TPSA) is 79.5 Å². The number of thiocarbonyl (C=S) groups is 1. The van der Waals surface area contributed by atoms with Crippen LogP contribution in [0.25, 0.3) is 0 Å². The highest BCUT2D eigenvalue weighted by atomic mass is 79.9. The van der Waals surface area contributed by atoms with Crippen molar-refractivity contribution in [2.24, 2.45) is 5.92 Å². The minimum Gasteiger partial charge on any atom is -0.490 e. The second-order valence-corrected chi connectivity index (χ2v) is 8.71. The largest absolute Gasteiger partial charge is 0.490 e. The lowest BCUT2D eigenvalue weighted by atomic mass is 10.1. The first kappa shape index (κ1) is 23.8. The fourth-order valence-electron chi connectivity index (χ4n) is 2.55. The number of carbonyl (C=O) groups is 2. The van der Waals surface area contributed by atoms with E-state index in [-0.39, 0.29) is 23.0 Å². The maximum Gasteiger partial charge on any atom is 0.257 e. The Morgan fingerprint density at radius 1 is 1.00 bits per heavy atom. The van der Waals surface area contributed by atoms with Gasteiger partial charge in [-0.3, -0.25) is 14.9 Å². The highest BCUT2D eigenvalue weighted by Crippen LogP contribution is 2.27. The van der Waals surface area contributed by atoms with Crippen LogP contribution in [0.2, 0.25) is 0 Å². The summed E-state index contributed by atoms with van der Waals surface area (Å²) >= 11 is 8.65. The summed E-state index contributed by atoms with van der Waals surface area (Å²) < 4.78 is 6.34. The zero-order chi connectivity index (χ0) is 22.3. The Morgan fingerprint density at radius 2 is 1.60 bits per heavy atom. The van der Waals surface area contributed by atoms with Gasteiger partial charge in [0.05, 0.1) is 10.6 Å². The molecule has 0 unspecified atom stereocenters. The molecule has 2 rings (SSSR count). The average molecular weight is 492 g/mol. The van der Waals surface area contributed by atoms with Crippen LogP contribution in [0, 0.1) is 5.92 Å². The van der Waals surface area contributed by atoms with E-state index in [1.54, 1.807) is 42.5 Å². The van der Waals surface area contributed by atoms with Gasteiger partial charge in [0, 0.05) is 23.4 Å². The third kappa shape index (κ3) is 7.76. The Bertz CT molecular complexity index is 914. The predicted octanol–water partition coefficient (Wildman–Crippen LogP) is 5.35.